The second-order valence-corrected chi connectivity index (χ2v) is 5.25. The Morgan fingerprint density at radius 2 is 2.12 bits per heavy atom. The highest BCUT2D eigenvalue weighted by molar-refractivity contribution is 5.91. The molecule has 1 amide bonds. The maximum absolute atomic E-state index is 12.3. The number of nitrogens with one attached hydrogen (secondary N) is 1. The maximum atomic E-state index is 12.3. The third-order valence-electron chi connectivity index (χ3n) is 3.65. The van der Waals surface area contributed by atoms with Gasteiger partial charge in [0.1, 0.15) is 6.20 Å². The first-order valence-electron chi connectivity index (χ1n) is 6.93. The van der Waals surface area contributed by atoms with Gasteiger partial charge in [0.05, 0.1) is 11.0 Å². The predicted molar refractivity (Wildman–Crippen MR) is 74.3 cm³/mol. The van der Waals surface area contributed by atoms with E-state index in [-0.39, 0.29) is 37.4 Å². The van der Waals surface area contributed by atoms with Crippen LogP contribution in [0.2, 0.25) is 0 Å². The normalized spacial score (nSPS) is 19.1. The predicted octanol–water partition coefficient (Wildman–Crippen LogP) is 0.545. The highest BCUT2D eigenvalue weighted by Crippen LogP contribution is 2.28. The van der Waals surface area contributed by atoms with E-state index in [9.17, 15) is 32.9 Å². The van der Waals surface area contributed by atoms with Crippen molar-refractivity contribution in [3.63, 3.8) is 0 Å². The maximum Gasteiger partial charge on any atom is 0.471 e. The quantitative estimate of drug-likeness (QED) is 0.630. The highest BCUT2D eigenvalue weighted by atomic mass is 19.4. The molecule has 1 saturated heterocycles. The summed E-state index contributed by atoms with van der Waals surface area (Å²) in [6.45, 7) is 0.145. The molecule has 0 bridgehead atoms. The number of nitrogens with zero attached hydrogens (tertiary/aromatic N) is 4. The summed E-state index contributed by atoms with van der Waals surface area (Å²) in [5.41, 5.74) is -0.261. The highest BCUT2D eigenvalue weighted by Gasteiger charge is 2.41. The molecule has 1 aromatic rings. The molecule has 1 aliphatic heterocycles. The Morgan fingerprint density at radius 3 is 2.71 bits per heavy atom. The van der Waals surface area contributed by atoms with E-state index in [4.69, 9.17) is 0 Å². The summed E-state index contributed by atoms with van der Waals surface area (Å²) in [4.78, 5) is 34.8. The van der Waals surface area contributed by atoms with Gasteiger partial charge in [-0.3, -0.25) is 19.7 Å². The van der Waals surface area contributed by atoms with Gasteiger partial charge >= 0.3 is 17.8 Å². The van der Waals surface area contributed by atoms with Gasteiger partial charge in [-0.2, -0.15) is 18.3 Å². The van der Waals surface area contributed by atoms with E-state index in [0.717, 1.165) is 6.20 Å². The fourth-order valence-electron chi connectivity index (χ4n) is 2.50. The summed E-state index contributed by atoms with van der Waals surface area (Å²) in [5.74, 6) is -2.57. The second kappa shape index (κ2) is 6.45. The molecule has 0 unspecified atom stereocenters. The molecule has 0 spiro atoms. The van der Waals surface area contributed by atoms with E-state index in [1.807, 2.05) is 0 Å². The number of alkyl halides is 3. The fraction of sp³-hybridized carbons (Fsp3) is 0.583. The number of rotatable bonds is 3. The minimum absolute atomic E-state index is 0.0644. The van der Waals surface area contributed by atoms with Gasteiger partial charge in [-0.1, -0.05) is 0 Å². The van der Waals surface area contributed by atoms with Crippen molar-refractivity contribution in [1.82, 2.24) is 15.1 Å². The topological polar surface area (TPSA) is 110 Å². The van der Waals surface area contributed by atoms with Crippen molar-refractivity contribution >= 4 is 23.2 Å². The summed E-state index contributed by atoms with van der Waals surface area (Å²) in [6.07, 6.45) is -4.26. The van der Waals surface area contributed by atoms with Crippen LogP contribution >= 0.6 is 0 Å². The lowest BCUT2D eigenvalue weighted by Crippen LogP contribution is -2.46. The van der Waals surface area contributed by atoms with Crippen molar-refractivity contribution in [3.05, 3.63) is 16.3 Å². The van der Waals surface area contributed by atoms with Crippen LogP contribution in [0, 0.1) is 10.1 Å². The molecule has 12 heteroatoms. The minimum Gasteiger partial charge on any atom is -0.351 e. The van der Waals surface area contributed by atoms with E-state index in [0.29, 0.717) is 0 Å². The number of amides is 1. The molecule has 132 valence electrons. The summed E-state index contributed by atoms with van der Waals surface area (Å²) >= 11 is 0. The van der Waals surface area contributed by atoms with Crippen molar-refractivity contribution in [2.75, 3.05) is 18.0 Å². The van der Waals surface area contributed by atoms with Crippen LogP contribution in [0.4, 0.5) is 24.7 Å². The van der Waals surface area contributed by atoms with Crippen LogP contribution in [0.15, 0.2) is 6.20 Å². The molecule has 0 aromatic carbocycles. The lowest BCUT2D eigenvalue weighted by Gasteiger charge is -2.21. The van der Waals surface area contributed by atoms with Crippen LogP contribution in [0.1, 0.15) is 12.8 Å². The molecule has 0 aliphatic carbocycles. The number of carbonyl (C=O) groups is 2. The number of aromatic nitrogens is 2. The average Bonchev–Trinajstić information content (AvgIpc) is 2.77. The number of ketones is 1. The van der Waals surface area contributed by atoms with Gasteiger partial charge in [-0.15, -0.1) is 0 Å². The molecule has 1 aliphatic rings. The molecule has 1 N–H and O–H groups in total. The van der Waals surface area contributed by atoms with Crippen molar-refractivity contribution in [1.29, 1.82) is 0 Å². The van der Waals surface area contributed by atoms with Crippen LogP contribution in [0.5, 0.6) is 0 Å². The van der Waals surface area contributed by atoms with E-state index in [2.05, 4.69) is 5.10 Å². The van der Waals surface area contributed by atoms with Crippen molar-refractivity contribution < 1.29 is 27.7 Å². The number of hydrogen-bond acceptors (Lipinski definition) is 6. The fourth-order valence-corrected chi connectivity index (χ4v) is 2.50. The van der Waals surface area contributed by atoms with Crippen LogP contribution in [-0.4, -0.2) is 51.7 Å². The minimum atomic E-state index is -5.08. The van der Waals surface area contributed by atoms with E-state index >= 15 is 0 Å². The van der Waals surface area contributed by atoms with Crippen LogP contribution in [-0.2, 0) is 16.6 Å². The molecule has 2 rings (SSSR count). The van der Waals surface area contributed by atoms with Gasteiger partial charge in [-0.05, 0) is 6.42 Å². The Kier molecular flexibility index (Phi) is 4.76. The monoisotopic (exact) mass is 349 g/mol. The third kappa shape index (κ3) is 3.63. The number of nitro groups is 1. The molecule has 1 atom stereocenters. The number of halogens is 3. The standard InChI is InChI=1S/C12H14F3N5O4/c1-18-10(8(6-16-18)20(23)24)19-4-2-7(9(21)3-5-19)17-11(22)12(13,14)15/h6-7H,2-5H2,1H3,(H,17,22)/t7-/m1/s1. The van der Waals surface area contributed by atoms with Gasteiger partial charge in [0.2, 0.25) is 5.82 Å². The van der Waals surface area contributed by atoms with Gasteiger partial charge in [0.25, 0.3) is 0 Å². The molecule has 9 nitrogen and oxygen atoms in total. The van der Waals surface area contributed by atoms with Crippen molar-refractivity contribution in [2.24, 2.45) is 7.05 Å². The van der Waals surface area contributed by atoms with Gasteiger partial charge in [-0.25, -0.2) is 4.68 Å². The number of Topliss-reactive ketones (excluding diaryl/α,β-unsaturated/α-hetero) is 1. The zero-order valence-electron chi connectivity index (χ0n) is 12.5. The largest absolute Gasteiger partial charge is 0.471 e. The lowest BCUT2D eigenvalue weighted by molar-refractivity contribution is -0.384. The molecule has 1 fully saturated rings. The Labute approximate surface area is 133 Å². The molecule has 0 saturated carbocycles. The summed E-state index contributed by atoms with van der Waals surface area (Å²) in [7, 11) is 1.48. The van der Waals surface area contributed by atoms with Gasteiger partial charge < -0.3 is 10.2 Å². The van der Waals surface area contributed by atoms with E-state index in [1.165, 1.54) is 16.6 Å². The van der Waals surface area contributed by atoms with Gasteiger partial charge in [0, 0.05) is 26.6 Å². The Hall–Kier alpha value is -2.66. The van der Waals surface area contributed by atoms with Gasteiger partial charge in [0.15, 0.2) is 5.78 Å². The first-order valence-corrected chi connectivity index (χ1v) is 6.93. The molecular weight excluding hydrogens is 335 g/mol. The number of aryl methyl sites for hydroxylation is 1. The average molecular weight is 349 g/mol. The summed E-state index contributed by atoms with van der Waals surface area (Å²) in [6, 6.07) is -1.28. The Balaban J connectivity index is 2.15. The van der Waals surface area contributed by atoms with Crippen LogP contribution < -0.4 is 10.2 Å². The SMILES string of the molecule is Cn1ncc([N+](=O)[O-])c1N1CCC(=O)[C@H](NC(=O)C(F)(F)F)CC1. The van der Waals surface area contributed by atoms with Crippen LogP contribution in [0.3, 0.4) is 0 Å². The first-order chi connectivity index (χ1) is 11.1. The molecule has 1 aromatic heterocycles. The number of anilines is 1. The Morgan fingerprint density at radius 1 is 1.46 bits per heavy atom. The lowest BCUT2D eigenvalue weighted by atomic mass is 10.1. The van der Waals surface area contributed by atoms with Crippen LogP contribution in [0.25, 0.3) is 0 Å². The molecule has 24 heavy (non-hydrogen) atoms. The van der Waals surface area contributed by atoms with Crippen molar-refractivity contribution in [3.8, 4) is 0 Å². The zero-order valence-corrected chi connectivity index (χ0v) is 12.5. The number of carbonyl (C=O) groups excluding carboxylic acids is 2. The summed E-state index contributed by atoms with van der Waals surface area (Å²) < 4.78 is 38.2. The molecular formula is C12H14F3N5O4. The van der Waals surface area contributed by atoms with E-state index < -0.39 is 28.8 Å². The zero-order chi connectivity index (χ0) is 18.1. The van der Waals surface area contributed by atoms with Crippen molar-refractivity contribution in [2.45, 2.75) is 25.1 Å². The molecule has 2 heterocycles. The summed E-state index contributed by atoms with van der Waals surface area (Å²) in [5, 5.41) is 16.5. The third-order valence-corrected chi connectivity index (χ3v) is 3.65. The first kappa shape index (κ1) is 17.7. The number of hydrogen-bond donors (Lipinski definition) is 1. The second-order valence-electron chi connectivity index (χ2n) is 5.25. The Bertz CT molecular complexity index is 672. The molecule has 0 radical (unpaired) electrons. The smallest absolute Gasteiger partial charge is 0.351 e. The van der Waals surface area contributed by atoms with E-state index in [1.54, 1.807) is 5.32 Å².